The van der Waals surface area contributed by atoms with Gasteiger partial charge < -0.3 is 15.1 Å². The van der Waals surface area contributed by atoms with E-state index in [9.17, 15) is 14.7 Å². The van der Waals surface area contributed by atoms with E-state index in [1.807, 2.05) is 29.2 Å². The van der Waals surface area contributed by atoms with Crippen molar-refractivity contribution in [2.45, 2.75) is 32.3 Å². The number of nitrogens with one attached hydrogen (secondary N) is 1. The number of hydrogen-bond acceptors (Lipinski definition) is 4. The Morgan fingerprint density at radius 3 is 2.82 bits per heavy atom. The number of H-pyrrole nitrogens is 1. The van der Waals surface area contributed by atoms with Gasteiger partial charge in [0.05, 0.1) is 17.4 Å². The smallest absolute Gasteiger partial charge is 0.278 e. The molecule has 0 saturated carbocycles. The van der Waals surface area contributed by atoms with Crippen molar-refractivity contribution in [2.24, 2.45) is 12.0 Å². The highest BCUT2D eigenvalue weighted by Gasteiger charge is 2.26. The van der Waals surface area contributed by atoms with E-state index in [1.54, 1.807) is 32.3 Å². The third-order valence-electron chi connectivity index (χ3n) is 5.72. The fraction of sp³-hybridized carbons (Fsp3) is 0.333. The Morgan fingerprint density at radius 1 is 1.30 bits per heavy atom. The number of rotatable bonds is 7. The van der Waals surface area contributed by atoms with Crippen LogP contribution in [0.5, 0.6) is 0 Å². The Kier molecular flexibility index (Phi) is 6.90. The first kappa shape index (κ1) is 23.1. The SMILES string of the molecule is Cc1cc(C(=O)N=C2Cc3ccccc3N2CCC(O)CCBr)cc(-c2c[nH]n(C)c2=O)n1. The molecule has 0 bridgehead atoms. The molecular formula is C24H26BrN5O3. The van der Waals surface area contributed by atoms with Gasteiger partial charge in [0.25, 0.3) is 11.5 Å². The maximum Gasteiger partial charge on any atom is 0.278 e. The number of aromatic nitrogens is 3. The number of aryl methyl sites for hydroxylation is 2. The van der Waals surface area contributed by atoms with Gasteiger partial charge in [-0.25, -0.2) is 0 Å². The number of amides is 1. The van der Waals surface area contributed by atoms with E-state index in [0.717, 1.165) is 16.6 Å². The molecule has 9 heteroatoms. The number of carbonyl (C=O) groups is 1. The van der Waals surface area contributed by atoms with Gasteiger partial charge in [-0.05, 0) is 43.5 Å². The summed E-state index contributed by atoms with van der Waals surface area (Å²) < 4.78 is 1.36. The standard InChI is InChI=1S/C24H26BrN5O3/c1-15-11-17(12-20(27-15)19-14-26-29(2)24(19)33)23(32)28-22-13-16-5-3-4-6-21(16)30(22)10-8-18(31)7-9-25/h3-6,11-12,14,18,26,31H,7-10,13H2,1-2H3. The average molecular weight is 512 g/mol. The Balaban J connectivity index is 1.64. The molecule has 1 unspecified atom stereocenters. The first-order valence-electron chi connectivity index (χ1n) is 10.8. The number of aliphatic hydroxyl groups excluding tert-OH is 1. The maximum absolute atomic E-state index is 13.2. The molecule has 1 aliphatic heterocycles. The first-order chi connectivity index (χ1) is 15.9. The molecule has 0 fully saturated rings. The number of benzene rings is 1. The van der Waals surface area contributed by atoms with Gasteiger partial charge in [0, 0.05) is 48.5 Å². The number of anilines is 1. The molecule has 2 N–H and O–H groups in total. The van der Waals surface area contributed by atoms with Crippen LogP contribution in [0.15, 0.2) is 52.4 Å². The van der Waals surface area contributed by atoms with Crippen molar-refractivity contribution < 1.29 is 9.90 Å². The quantitative estimate of drug-likeness (QED) is 0.474. The largest absolute Gasteiger partial charge is 0.393 e. The summed E-state index contributed by atoms with van der Waals surface area (Å²) in [5.41, 5.74) is 3.74. The summed E-state index contributed by atoms with van der Waals surface area (Å²) in [6, 6.07) is 11.3. The summed E-state index contributed by atoms with van der Waals surface area (Å²) in [6.07, 6.45) is 2.94. The first-order valence-corrected chi connectivity index (χ1v) is 11.9. The molecule has 3 heterocycles. The average Bonchev–Trinajstić information content (AvgIpc) is 3.31. The van der Waals surface area contributed by atoms with Crippen LogP contribution in [0.25, 0.3) is 11.3 Å². The number of alkyl halides is 1. The highest BCUT2D eigenvalue weighted by atomic mass is 79.9. The van der Waals surface area contributed by atoms with Crippen LogP contribution in [0.4, 0.5) is 5.69 Å². The van der Waals surface area contributed by atoms with Crippen molar-refractivity contribution in [3.63, 3.8) is 0 Å². The third kappa shape index (κ3) is 4.99. The van der Waals surface area contributed by atoms with Crippen molar-refractivity contribution in [1.82, 2.24) is 14.8 Å². The van der Waals surface area contributed by atoms with E-state index in [2.05, 4.69) is 31.0 Å². The molecule has 8 nitrogen and oxygen atoms in total. The van der Waals surface area contributed by atoms with Crippen molar-refractivity contribution in [2.75, 3.05) is 16.8 Å². The molecule has 4 rings (SSSR count). The van der Waals surface area contributed by atoms with Crippen LogP contribution in [-0.4, -0.2) is 49.6 Å². The molecule has 0 aliphatic carbocycles. The molecule has 0 spiro atoms. The van der Waals surface area contributed by atoms with Crippen LogP contribution < -0.4 is 10.5 Å². The van der Waals surface area contributed by atoms with Crippen molar-refractivity contribution >= 4 is 33.4 Å². The summed E-state index contributed by atoms with van der Waals surface area (Å²) in [4.78, 5) is 36.4. The third-order valence-corrected chi connectivity index (χ3v) is 6.17. The molecule has 1 amide bonds. The van der Waals surface area contributed by atoms with Gasteiger partial charge in [-0.3, -0.25) is 19.3 Å². The van der Waals surface area contributed by atoms with Gasteiger partial charge in [0.1, 0.15) is 5.84 Å². The number of fused-ring (bicyclic) bond motifs is 1. The molecule has 1 aliphatic rings. The zero-order valence-corrected chi connectivity index (χ0v) is 20.2. The van der Waals surface area contributed by atoms with E-state index in [0.29, 0.717) is 54.2 Å². The number of nitrogens with zero attached hydrogens (tertiary/aromatic N) is 4. The number of amidine groups is 1. The number of aliphatic imine (C=N–C) groups is 1. The summed E-state index contributed by atoms with van der Waals surface area (Å²) in [5.74, 6) is 0.267. The van der Waals surface area contributed by atoms with Crippen LogP contribution in [0.2, 0.25) is 0 Å². The minimum atomic E-state index is -0.427. The lowest BCUT2D eigenvalue weighted by Gasteiger charge is -2.22. The molecule has 3 aromatic rings. The maximum atomic E-state index is 13.2. The second-order valence-electron chi connectivity index (χ2n) is 8.14. The summed E-state index contributed by atoms with van der Waals surface area (Å²) in [5, 5.41) is 13.8. The van der Waals surface area contributed by atoms with E-state index in [4.69, 9.17) is 0 Å². The van der Waals surface area contributed by atoms with Crippen LogP contribution in [0.1, 0.15) is 34.5 Å². The lowest BCUT2D eigenvalue weighted by Crippen LogP contribution is -2.31. The van der Waals surface area contributed by atoms with E-state index in [-0.39, 0.29) is 11.5 Å². The summed E-state index contributed by atoms with van der Waals surface area (Å²) in [7, 11) is 1.63. The minimum Gasteiger partial charge on any atom is -0.393 e. The number of pyridine rings is 1. The minimum absolute atomic E-state index is 0.211. The normalized spacial score (nSPS) is 15.2. The van der Waals surface area contributed by atoms with Crippen LogP contribution in [0.3, 0.4) is 0 Å². The lowest BCUT2D eigenvalue weighted by molar-refractivity contribution is 0.100. The zero-order chi connectivity index (χ0) is 23.5. The predicted molar refractivity (Wildman–Crippen MR) is 132 cm³/mol. The lowest BCUT2D eigenvalue weighted by atomic mass is 10.1. The Hall–Kier alpha value is -3.04. The van der Waals surface area contributed by atoms with Crippen molar-refractivity contribution in [1.29, 1.82) is 0 Å². The highest BCUT2D eigenvalue weighted by Crippen LogP contribution is 2.30. The monoisotopic (exact) mass is 511 g/mol. The molecule has 2 aromatic heterocycles. The number of aliphatic hydroxyl groups is 1. The van der Waals surface area contributed by atoms with Gasteiger partial charge in [0.2, 0.25) is 0 Å². The molecular weight excluding hydrogens is 486 g/mol. The molecule has 0 radical (unpaired) electrons. The van der Waals surface area contributed by atoms with Crippen LogP contribution >= 0.6 is 15.9 Å². The fourth-order valence-electron chi connectivity index (χ4n) is 3.98. The van der Waals surface area contributed by atoms with Gasteiger partial charge >= 0.3 is 0 Å². The van der Waals surface area contributed by atoms with Crippen molar-refractivity contribution in [3.05, 3.63) is 69.8 Å². The van der Waals surface area contributed by atoms with E-state index < -0.39 is 6.10 Å². The summed E-state index contributed by atoms with van der Waals surface area (Å²) in [6.45, 7) is 2.35. The van der Waals surface area contributed by atoms with Gasteiger partial charge in [-0.15, -0.1) is 0 Å². The molecule has 1 aromatic carbocycles. The second-order valence-corrected chi connectivity index (χ2v) is 8.94. The van der Waals surface area contributed by atoms with Crippen molar-refractivity contribution in [3.8, 4) is 11.3 Å². The Morgan fingerprint density at radius 2 is 2.09 bits per heavy atom. The molecule has 172 valence electrons. The van der Waals surface area contributed by atoms with Crippen LogP contribution in [0, 0.1) is 6.92 Å². The highest BCUT2D eigenvalue weighted by molar-refractivity contribution is 9.09. The van der Waals surface area contributed by atoms with E-state index >= 15 is 0 Å². The van der Waals surface area contributed by atoms with E-state index in [1.165, 1.54) is 4.68 Å². The Bertz CT molecular complexity index is 1260. The van der Waals surface area contributed by atoms with Crippen LogP contribution in [-0.2, 0) is 13.5 Å². The molecule has 0 saturated heterocycles. The number of halogens is 1. The molecule has 1 atom stereocenters. The number of para-hydroxylation sites is 1. The number of aromatic amines is 1. The number of hydrogen-bond donors (Lipinski definition) is 2. The second kappa shape index (κ2) is 9.84. The Labute approximate surface area is 200 Å². The fourth-order valence-corrected chi connectivity index (χ4v) is 4.51. The summed E-state index contributed by atoms with van der Waals surface area (Å²) >= 11 is 3.36. The zero-order valence-electron chi connectivity index (χ0n) is 18.6. The topological polar surface area (TPSA) is 104 Å². The van der Waals surface area contributed by atoms with Gasteiger partial charge in [-0.1, -0.05) is 34.1 Å². The van der Waals surface area contributed by atoms with Gasteiger partial charge in [0.15, 0.2) is 0 Å². The molecule has 33 heavy (non-hydrogen) atoms. The predicted octanol–water partition coefficient (Wildman–Crippen LogP) is 3.22. The van der Waals surface area contributed by atoms with Gasteiger partial charge in [-0.2, -0.15) is 4.99 Å². The number of carbonyl (C=O) groups excluding carboxylic acids is 1.